The molecule has 1 fully saturated rings. The Kier molecular flexibility index (Phi) is 3.19. The molecule has 2 rings (SSSR count). The lowest BCUT2D eigenvalue weighted by atomic mass is 10.2. The van der Waals surface area contributed by atoms with Gasteiger partial charge < -0.3 is 9.64 Å². The van der Waals surface area contributed by atoms with E-state index in [1.807, 2.05) is 6.07 Å². The zero-order chi connectivity index (χ0) is 9.64. The van der Waals surface area contributed by atoms with Crippen molar-refractivity contribution in [2.75, 3.05) is 26.3 Å². The van der Waals surface area contributed by atoms with Gasteiger partial charge in [-0.15, -0.1) is 0 Å². The maximum Gasteiger partial charge on any atom is 0.0642 e. The maximum absolute atomic E-state index is 5.28. The highest BCUT2D eigenvalue weighted by atomic mass is 16.5. The monoisotopic (exact) mass is 189 g/mol. The molecule has 1 aromatic carbocycles. The van der Waals surface area contributed by atoms with E-state index in [9.17, 15) is 0 Å². The predicted molar refractivity (Wildman–Crippen MR) is 57.9 cm³/mol. The minimum absolute atomic E-state index is 0.846. The second-order valence-corrected chi connectivity index (χ2v) is 3.37. The van der Waals surface area contributed by atoms with Crippen molar-refractivity contribution in [2.24, 2.45) is 0 Å². The minimum atomic E-state index is 0.846. The Bertz CT molecular complexity index is 288. The van der Waals surface area contributed by atoms with Crippen LogP contribution in [0.25, 0.3) is 6.08 Å². The average molecular weight is 189 g/mol. The van der Waals surface area contributed by atoms with Crippen LogP contribution in [0.2, 0.25) is 0 Å². The number of rotatable bonds is 2. The van der Waals surface area contributed by atoms with Gasteiger partial charge in [0.15, 0.2) is 0 Å². The molecule has 0 amide bonds. The molecule has 0 N–H and O–H groups in total. The van der Waals surface area contributed by atoms with Gasteiger partial charge in [0.25, 0.3) is 0 Å². The first kappa shape index (κ1) is 9.28. The normalized spacial score (nSPS) is 17.6. The third-order valence-electron chi connectivity index (χ3n) is 2.32. The number of nitrogens with zero attached hydrogens (tertiary/aromatic N) is 1. The van der Waals surface area contributed by atoms with Gasteiger partial charge in [-0.3, -0.25) is 0 Å². The first-order valence-electron chi connectivity index (χ1n) is 5.00. The van der Waals surface area contributed by atoms with Crippen LogP contribution in [0.15, 0.2) is 36.5 Å². The SMILES string of the molecule is C(=CN1CCOCC1)c1ccccc1. The van der Waals surface area contributed by atoms with Crippen LogP contribution in [-0.2, 0) is 4.74 Å². The van der Waals surface area contributed by atoms with Crippen molar-refractivity contribution in [3.8, 4) is 0 Å². The molecule has 74 valence electrons. The summed E-state index contributed by atoms with van der Waals surface area (Å²) in [4.78, 5) is 2.29. The van der Waals surface area contributed by atoms with Gasteiger partial charge in [0.2, 0.25) is 0 Å². The summed E-state index contributed by atoms with van der Waals surface area (Å²) < 4.78 is 5.28. The van der Waals surface area contributed by atoms with Gasteiger partial charge in [-0.1, -0.05) is 30.3 Å². The van der Waals surface area contributed by atoms with E-state index in [-0.39, 0.29) is 0 Å². The third-order valence-corrected chi connectivity index (χ3v) is 2.32. The van der Waals surface area contributed by atoms with E-state index < -0.39 is 0 Å². The number of ether oxygens (including phenoxy) is 1. The predicted octanol–water partition coefficient (Wildman–Crippen LogP) is 1.99. The third kappa shape index (κ3) is 2.60. The lowest BCUT2D eigenvalue weighted by molar-refractivity contribution is 0.0597. The summed E-state index contributed by atoms with van der Waals surface area (Å²) in [6, 6.07) is 10.4. The largest absolute Gasteiger partial charge is 0.378 e. The van der Waals surface area contributed by atoms with E-state index >= 15 is 0 Å². The van der Waals surface area contributed by atoms with Crippen molar-refractivity contribution in [1.82, 2.24) is 4.90 Å². The van der Waals surface area contributed by atoms with Gasteiger partial charge in [0.1, 0.15) is 0 Å². The van der Waals surface area contributed by atoms with E-state index in [2.05, 4.69) is 41.4 Å². The first-order valence-corrected chi connectivity index (χ1v) is 5.00. The molecule has 0 saturated carbocycles. The summed E-state index contributed by atoms with van der Waals surface area (Å²) >= 11 is 0. The van der Waals surface area contributed by atoms with E-state index in [0.717, 1.165) is 26.3 Å². The molecule has 2 heteroatoms. The molecule has 0 unspecified atom stereocenters. The molecule has 1 aromatic rings. The van der Waals surface area contributed by atoms with Crippen LogP contribution < -0.4 is 0 Å². The van der Waals surface area contributed by atoms with Crippen LogP contribution in [0.4, 0.5) is 0 Å². The molecule has 2 nitrogen and oxygen atoms in total. The zero-order valence-electron chi connectivity index (χ0n) is 8.23. The molecule has 0 radical (unpaired) electrons. The Balaban J connectivity index is 1.93. The molecule has 1 saturated heterocycles. The molecule has 0 bridgehead atoms. The van der Waals surface area contributed by atoms with Crippen molar-refractivity contribution < 1.29 is 4.74 Å². The first-order chi connectivity index (χ1) is 6.95. The maximum atomic E-state index is 5.28. The second kappa shape index (κ2) is 4.82. The van der Waals surface area contributed by atoms with Gasteiger partial charge in [-0.25, -0.2) is 0 Å². The van der Waals surface area contributed by atoms with Crippen LogP contribution in [0, 0.1) is 0 Å². The molecule has 0 aromatic heterocycles. The van der Waals surface area contributed by atoms with E-state index in [1.165, 1.54) is 5.56 Å². The van der Waals surface area contributed by atoms with E-state index in [0.29, 0.717) is 0 Å². The fraction of sp³-hybridized carbons (Fsp3) is 0.333. The Morgan fingerprint density at radius 3 is 2.50 bits per heavy atom. The molecule has 1 aliphatic rings. The molecule has 0 atom stereocenters. The van der Waals surface area contributed by atoms with Crippen LogP contribution in [0.3, 0.4) is 0 Å². The van der Waals surface area contributed by atoms with Crippen LogP contribution >= 0.6 is 0 Å². The highest BCUT2D eigenvalue weighted by Gasteiger charge is 2.04. The fourth-order valence-corrected chi connectivity index (χ4v) is 1.48. The van der Waals surface area contributed by atoms with Gasteiger partial charge in [0, 0.05) is 13.1 Å². The van der Waals surface area contributed by atoms with Crippen molar-refractivity contribution >= 4 is 6.08 Å². The summed E-state index contributed by atoms with van der Waals surface area (Å²) in [7, 11) is 0. The topological polar surface area (TPSA) is 12.5 Å². The second-order valence-electron chi connectivity index (χ2n) is 3.37. The summed E-state index contributed by atoms with van der Waals surface area (Å²) in [5.41, 5.74) is 1.25. The number of morpholine rings is 1. The Labute approximate surface area is 84.8 Å². The molecule has 1 heterocycles. The van der Waals surface area contributed by atoms with Gasteiger partial charge >= 0.3 is 0 Å². The lowest BCUT2D eigenvalue weighted by Crippen LogP contribution is -2.31. The fourth-order valence-electron chi connectivity index (χ4n) is 1.48. The van der Waals surface area contributed by atoms with Gasteiger partial charge in [-0.2, -0.15) is 0 Å². The Hall–Kier alpha value is -1.28. The van der Waals surface area contributed by atoms with E-state index in [4.69, 9.17) is 4.74 Å². The van der Waals surface area contributed by atoms with Crippen molar-refractivity contribution in [1.29, 1.82) is 0 Å². The molecule has 0 aliphatic carbocycles. The summed E-state index contributed by atoms with van der Waals surface area (Å²) in [6.07, 6.45) is 4.29. The van der Waals surface area contributed by atoms with Crippen molar-refractivity contribution in [2.45, 2.75) is 0 Å². The molecule has 1 aliphatic heterocycles. The Morgan fingerprint density at radius 2 is 1.79 bits per heavy atom. The van der Waals surface area contributed by atoms with Crippen molar-refractivity contribution in [3.63, 3.8) is 0 Å². The van der Waals surface area contributed by atoms with Crippen molar-refractivity contribution in [3.05, 3.63) is 42.1 Å². The standard InChI is InChI=1S/C12H15NO/c1-2-4-12(5-3-1)6-7-13-8-10-14-11-9-13/h1-7H,8-11H2. The van der Waals surface area contributed by atoms with Crippen LogP contribution in [0.1, 0.15) is 5.56 Å². The van der Waals surface area contributed by atoms with Crippen LogP contribution in [-0.4, -0.2) is 31.2 Å². The Morgan fingerprint density at radius 1 is 1.07 bits per heavy atom. The minimum Gasteiger partial charge on any atom is -0.378 e. The lowest BCUT2D eigenvalue weighted by Gasteiger charge is -2.24. The number of hydrogen-bond acceptors (Lipinski definition) is 2. The van der Waals surface area contributed by atoms with Gasteiger partial charge in [0.05, 0.1) is 13.2 Å². The average Bonchev–Trinajstić information content (AvgIpc) is 2.29. The quantitative estimate of drug-likeness (QED) is 0.705. The van der Waals surface area contributed by atoms with Gasteiger partial charge in [-0.05, 0) is 17.8 Å². The molecular weight excluding hydrogens is 174 g/mol. The summed E-state index contributed by atoms with van der Waals surface area (Å²) in [6.45, 7) is 3.70. The number of benzene rings is 1. The highest BCUT2D eigenvalue weighted by molar-refractivity contribution is 5.48. The summed E-state index contributed by atoms with van der Waals surface area (Å²) in [5, 5.41) is 0. The molecular formula is C12H15NO. The molecule has 14 heavy (non-hydrogen) atoms. The van der Waals surface area contributed by atoms with E-state index in [1.54, 1.807) is 0 Å². The summed E-state index contributed by atoms with van der Waals surface area (Å²) in [5.74, 6) is 0. The molecule has 0 spiro atoms. The zero-order valence-corrected chi connectivity index (χ0v) is 8.23. The van der Waals surface area contributed by atoms with Crippen LogP contribution in [0.5, 0.6) is 0 Å². The smallest absolute Gasteiger partial charge is 0.0642 e. The highest BCUT2D eigenvalue weighted by Crippen LogP contribution is 2.04. The number of hydrogen-bond donors (Lipinski definition) is 0.